The van der Waals surface area contributed by atoms with Crippen LogP contribution in [0.1, 0.15) is 84.1 Å². The molecule has 1 aliphatic carbocycles. The predicted molar refractivity (Wildman–Crippen MR) is 148 cm³/mol. The molecular formula is C32H37NO3. The van der Waals surface area contributed by atoms with Crippen molar-refractivity contribution in [2.75, 3.05) is 7.11 Å². The van der Waals surface area contributed by atoms with Gasteiger partial charge in [-0.15, -0.1) is 0 Å². The van der Waals surface area contributed by atoms with E-state index in [-0.39, 0.29) is 6.10 Å². The number of nitrogens with two attached hydrogens (primary N) is 1. The van der Waals surface area contributed by atoms with Gasteiger partial charge in [-0.25, -0.2) is 0 Å². The summed E-state index contributed by atoms with van der Waals surface area (Å²) in [6.45, 7) is 6.50. The number of fused-ring (bicyclic) bond motifs is 1. The van der Waals surface area contributed by atoms with E-state index in [9.17, 15) is 4.79 Å². The molecule has 0 fully saturated rings. The van der Waals surface area contributed by atoms with Crippen LogP contribution in [0.3, 0.4) is 0 Å². The van der Waals surface area contributed by atoms with Crippen LogP contribution >= 0.6 is 0 Å². The molecule has 4 rings (SSSR count). The monoisotopic (exact) mass is 483 g/mol. The number of primary amides is 1. The Bertz CT molecular complexity index is 1260. The third-order valence-electron chi connectivity index (χ3n) is 7.10. The van der Waals surface area contributed by atoms with E-state index in [0.29, 0.717) is 5.56 Å². The summed E-state index contributed by atoms with van der Waals surface area (Å²) in [4.78, 5) is 11.9. The summed E-state index contributed by atoms with van der Waals surface area (Å²) in [5.74, 6) is 1.37. The van der Waals surface area contributed by atoms with Crippen LogP contribution in [0.2, 0.25) is 0 Å². The molecule has 3 aromatic rings. The zero-order valence-corrected chi connectivity index (χ0v) is 21.9. The molecule has 4 nitrogen and oxygen atoms in total. The lowest BCUT2D eigenvalue weighted by atomic mass is 9.86. The molecule has 1 amide bonds. The van der Waals surface area contributed by atoms with Crippen LogP contribution in [-0.2, 0) is 6.42 Å². The number of carbonyl (C=O) groups is 1. The van der Waals surface area contributed by atoms with E-state index >= 15 is 0 Å². The predicted octanol–water partition coefficient (Wildman–Crippen LogP) is 7.36. The number of aryl methyl sites for hydroxylation is 2. The quantitative estimate of drug-likeness (QED) is 0.346. The second kappa shape index (κ2) is 11.5. The standard InChI is InChI=1S/C32H37NO3/c1-5-8-25(6-2)36-26-14-11-22(12-15-26)31-29-17-13-24(32(33)34)20-23(29)9-7-10-30(31)28-18-16-27(35-4)19-21(28)3/h11-20,25H,5-10H2,1-4H3,(H2,33,34). The lowest BCUT2D eigenvalue weighted by molar-refractivity contribution is 0.1000. The molecule has 1 aliphatic rings. The molecule has 0 saturated carbocycles. The van der Waals surface area contributed by atoms with Crippen molar-refractivity contribution in [3.05, 3.63) is 94.0 Å². The molecule has 0 spiro atoms. The molecule has 0 aliphatic heterocycles. The molecule has 2 N–H and O–H groups in total. The minimum Gasteiger partial charge on any atom is -0.497 e. The minimum atomic E-state index is -0.391. The van der Waals surface area contributed by atoms with Gasteiger partial charge in [0.15, 0.2) is 0 Å². The van der Waals surface area contributed by atoms with Crippen molar-refractivity contribution in [2.45, 2.75) is 65.4 Å². The summed E-state index contributed by atoms with van der Waals surface area (Å²) in [6, 6.07) is 20.7. The third kappa shape index (κ3) is 5.48. The van der Waals surface area contributed by atoms with Gasteiger partial charge in [0.1, 0.15) is 11.5 Å². The number of hydrogen-bond acceptors (Lipinski definition) is 3. The van der Waals surface area contributed by atoms with E-state index in [0.717, 1.165) is 66.7 Å². The van der Waals surface area contributed by atoms with Gasteiger partial charge >= 0.3 is 0 Å². The van der Waals surface area contributed by atoms with Crippen LogP contribution in [0, 0.1) is 6.92 Å². The Morgan fingerprint density at radius 1 is 0.944 bits per heavy atom. The Hall–Kier alpha value is -3.53. The van der Waals surface area contributed by atoms with Crippen molar-refractivity contribution < 1.29 is 14.3 Å². The number of amides is 1. The molecule has 0 heterocycles. The topological polar surface area (TPSA) is 61.6 Å². The maximum atomic E-state index is 11.9. The highest BCUT2D eigenvalue weighted by molar-refractivity contribution is 6.01. The Balaban J connectivity index is 1.86. The number of rotatable bonds is 9. The smallest absolute Gasteiger partial charge is 0.248 e. The number of ether oxygens (including phenoxy) is 2. The van der Waals surface area contributed by atoms with Gasteiger partial charge in [0, 0.05) is 5.56 Å². The fraction of sp³-hybridized carbons (Fsp3) is 0.344. The molecular weight excluding hydrogens is 446 g/mol. The first-order chi connectivity index (χ1) is 17.4. The van der Waals surface area contributed by atoms with Gasteiger partial charge in [0.2, 0.25) is 5.91 Å². The van der Waals surface area contributed by atoms with E-state index < -0.39 is 5.91 Å². The van der Waals surface area contributed by atoms with Gasteiger partial charge < -0.3 is 15.2 Å². The van der Waals surface area contributed by atoms with E-state index in [1.807, 2.05) is 18.2 Å². The average molecular weight is 484 g/mol. The molecule has 3 aromatic carbocycles. The van der Waals surface area contributed by atoms with Crippen molar-refractivity contribution in [3.8, 4) is 11.5 Å². The van der Waals surface area contributed by atoms with Crippen LogP contribution in [-0.4, -0.2) is 19.1 Å². The summed E-state index contributed by atoms with van der Waals surface area (Å²) < 4.78 is 11.7. The Labute approximate surface area is 215 Å². The highest BCUT2D eigenvalue weighted by Crippen LogP contribution is 2.41. The fourth-order valence-electron chi connectivity index (χ4n) is 5.20. The number of benzene rings is 3. The van der Waals surface area contributed by atoms with Crippen LogP contribution in [0.15, 0.2) is 60.7 Å². The number of methoxy groups -OCH3 is 1. The Morgan fingerprint density at radius 3 is 2.31 bits per heavy atom. The number of allylic oxidation sites excluding steroid dienone is 1. The van der Waals surface area contributed by atoms with Crippen LogP contribution in [0.4, 0.5) is 0 Å². The van der Waals surface area contributed by atoms with Crippen molar-refractivity contribution in [1.29, 1.82) is 0 Å². The zero-order chi connectivity index (χ0) is 25.7. The number of carbonyl (C=O) groups excluding carboxylic acids is 1. The summed E-state index contributed by atoms with van der Waals surface area (Å²) in [7, 11) is 1.70. The van der Waals surface area contributed by atoms with Crippen molar-refractivity contribution in [1.82, 2.24) is 0 Å². The highest BCUT2D eigenvalue weighted by atomic mass is 16.5. The van der Waals surface area contributed by atoms with E-state index in [1.165, 1.54) is 22.3 Å². The molecule has 1 atom stereocenters. The fourth-order valence-corrected chi connectivity index (χ4v) is 5.20. The summed E-state index contributed by atoms with van der Waals surface area (Å²) in [5, 5.41) is 0. The maximum absolute atomic E-state index is 11.9. The molecule has 0 radical (unpaired) electrons. The van der Waals surface area contributed by atoms with Gasteiger partial charge in [-0.2, -0.15) is 0 Å². The van der Waals surface area contributed by atoms with Gasteiger partial charge in [0.25, 0.3) is 0 Å². The lowest BCUT2D eigenvalue weighted by Crippen LogP contribution is -2.14. The molecule has 0 bridgehead atoms. The van der Waals surface area contributed by atoms with Crippen LogP contribution in [0.5, 0.6) is 11.5 Å². The van der Waals surface area contributed by atoms with Gasteiger partial charge in [-0.1, -0.05) is 44.5 Å². The minimum absolute atomic E-state index is 0.239. The second-order valence-electron chi connectivity index (χ2n) is 9.59. The van der Waals surface area contributed by atoms with Crippen LogP contribution < -0.4 is 15.2 Å². The average Bonchev–Trinajstić information content (AvgIpc) is 3.07. The lowest BCUT2D eigenvalue weighted by Gasteiger charge is -2.20. The van der Waals surface area contributed by atoms with E-state index in [1.54, 1.807) is 7.11 Å². The first-order valence-corrected chi connectivity index (χ1v) is 13.0. The van der Waals surface area contributed by atoms with Crippen molar-refractivity contribution >= 4 is 17.1 Å². The first-order valence-electron chi connectivity index (χ1n) is 13.0. The van der Waals surface area contributed by atoms with E-state index in [2.05, 4.69) is 63.2 Å². The number of hydrogen-bond donors (Lipinski definition) is 1. The SMILES string of the molecule is CCCC(CC)Oc1ccc(C2=C(c3ccc(OC)cc3C)CCCc3cc(C(N)=O)ccc32)cc1. The second-order valence-corrected chi connectivity index (χ2v) is 9.59. The molecule has 0 saturated heterocycles. The summed E-state index contributed by atoms with van der Waals surface area (Å²) in [5.41, 5.74) is 14.6. The first kappa shape index (κ1) is 25.6. The highest BCUT2D eigenvalue weighted by Gasteiger charge is 2.22. The normalized spacial score (nSPS) is 14.1. The maximum Gasteiger partial charge on any atom is 0.248 e. The summed E-state index contributed by atoms with van der Waals surface area (Å²) >= 11 is 0. The molecule has 0 aromatic heterocycles. The Morgan fingerprint density at radius 2 is 1.67 bits per heavy atom. The summed E-state index contributed by atoms with van der Waals surface area (Å²) in [6.07, 6.45) is 6.24. The van der Waals surface area contributed by atoms with Crippen molar-refractivity contribution in [3.63, 3.8) is 0 Å². The van der Waals surface area contributed by atoms with Gasteiger partial charge in [-0.05, 0) is 114 Å². The van der Waals surface area contributed by atoms with Gasteiger partial charge in [-0.3, -0.25) is 4.79 Å². The van der Waals surface area contributed by atoms with Crippen LogP contribution in [0.25, 0.3) is 11.1 Å². The molecule has 36 heavy (non-hydrogen) atoms. The zero-order valence-electron chi connectivity index (χ0n) is 21.9. The molecule has 1 unspecified atom stereocenters. The largest absolute Gasteiger partial charge is 0.497 e. The third-order valence-corrected chi connectivity index (χ3v) is 7.10. The van der Waals surface area contributed by atoms with E-state index in [4.69, 9.17) is 15.2 Å². The molecule has 188 valence electrons. The van der Waals surface area contributed by atoms with Gasteiger partial charge in [0.05, 0.1) is 13.2 Å². The molecule has 4 heteroatoms. The Kier molecular flexibility index (Phi) is 8.14. The van der Waals surface area contributed by atoms with Crippen molar-refractivity contribution in [2.24, 2.45) is 5.73 Å².